The highest BCUT2D eigenvalue weighted by Crippen LogP contribution is 2.28. The molecule has 1 saturated carbocycles. The molecule has 1 amide bonds. The molecule has 0 atom stereocenters. The standard InChI is InChI=1S/C14H18F2N2O2/c15-11-6-10(7-12(16)13(11)17)14(19)18-4-1-5-20-8-9-2-3-9/h6-7,9H,1-5,8,17H2,(H,18,19). The van der Waals surface area contributed by atoms with E-state index in [2.05, 4.69) is 5.32 Å². The lowest BCUT2D eigenvalue weighted by atomic mass is 10.1. The van der Waals surface area contributed by atoms with Gasteiger partial charge in [-0.2, -0.15) is 0 Å². The van der Waals surface area contributed by atoms with Crippen molar-refractivity contribution in [3.63, 3.8) is 0 Å². The predicted octanol–water partition coefficient (Wildman–Crippen LogP) is 2.09. The van der Waals surface area contributed by atoms with Gasteiger partial charge in [0.1, 0.15) is 17.3 Å². The first-order valence-electron chi connectivity index (χ1n) is 6.68. The zero-order chi connectivity index (χ0) is 14.5. The molecule has 1 aliphatic carbocycles. The molecule has 4 nitrogen and oxygen atoms in total. The largest absolute Gasteiger partial charge is 0.394 e. The third kappa shape index (κ3) is 4.16. The maximum atomic E-state index is 13.2. The van der Waals surface area contributed by atoms with Crippen LogP contribution < -0.4 is 11.1 Å². The van der Waals surface area contributed by atoms with Crippen molar-refractivity contribution < 1.29 is 18.3 Å². The highest BCUT2D eigenvalue weighted by molar-refractivity contribution is 5.94. The Bertz CT molecular complexity index is 467. The zero-order valence-electron chi connectivity index (χ0n) is 11.1. The molecule has 1 aliphatic rings. The van der Waals surface area contributed by atoms with Gasteiger partial charge < -0.3 is 15.8 Å². The van der Waals surface area contributed by atoms with Crippen molar-refractivity contribution in [2.24, 2.45) is 5.92 Å². The van der Waals surface area contributed by atoms with Crippen LogP contribution in [0.2, 0.25) is 0 Å². The topological polar surface area (TPSA) is 64.4 Å². The van der Waals surface area contributed by atoms with Crippen LogP contribution in [-0.2, 0) is 4.74 Å². The van der Waals surface area contributed by atoms with Crippen molar-refractivity contribution in [3.8, 4) is 0 Å². The normalized spacial score (nSPS) is 14.3. The lowest BCUT2D eigenvalue weighted by molar-refractivity contribution is 0.0936. The first kappa shape index (κ1) is 14.7. The summed E-state index contributed by atoms with van der Waals surface area (Å²) in [6, 6.07) is 1.86. The number of hydrogen-bond acceptors (Lipinski definition) is 3. The zero-order valence-corrected chi connectivity index (χ0v) is 11.1. The van der Waals surface area contributed by atoms with E-state index < -0.39 is 23.2 Å². The summed E-state index contributed by atoms with van der Waals surface area (Å²) in [4.78, 5) is 11.7. The van der Waals surface area contributed by atoms with Gasteiger partial charge in [-0.3, -0.25) is 4.79 Å². The Balaban J connectivity index is 1.71. The number of nitrogens with one attached hydrogen (secondary N) is 1. The van der Waals surface area contributed by atoms with E-state index in [-0.39, 0.29) is 5.56 Å². The van der Waals surface area contributed by atoms with Gasteiger partial charge in [-0.25, -0.2) is 8.78 Å². The number of hydrogen-bond donors (Lipinski definition) is 2. The minimum atomic E-state index is -0.928. The summed E-state index contributed by atoms with van der Waals surface area (Å²) in [5.74, 6) is -1.67. The fourth-order valence-electron chi connectivity index (χ4n) is 1.73. The summed E-state index contributed by atoms with van der Waals surface area (Å²) >= 11 is 0. The van der Waals surface area contributed by atoms with Gasteiger partial charge in [0, 0.05) is 25.3 Å². The van der Waals surface area contributed by atoms with Gasteiger partial charge in [0.05, 0.1) is 0 Å². The van der Waals surface area contributed by atoms with Crippen LogP contribution in [0.1, 0.15) is 29.6 Å². The van der Waals surface area contributed by atoms with Gasteiger partial charge in [-0.1, -0.05) is 0 Å². The van der Waals surface area contributed by atoms with Crippen LogP contribution in [0.25, 0.3) is 0 Å². The second-order valence-corrected chi connectivity index (χ2v) is 4.98. The number of carbonyl (C=O) groups excluding carboxylic acids is 1. The summed E-state index contributed by atoms with van der Waals surface area (Å²) in [7, 11) is 0. The summed E-state index contributed by atoms with van der Waals surface area (Å²) in [6.07, 6.45) is 3.15. The second-order valence-electron chi connectivity index (χ2n) is 4.98. The maximum absolute atomic E-state index is 13.2. The second kappa shape index (κ2) is 6.65. The fraction of sp³-hybridized carbons (Fsp3) is 0.500. The average Bonchev–Trinajstić information content (AvgIpc) is 3.23. The van der Waals surface area contributed by atoms with Gasteiger partial charge >= 0.3 is 0 Å². The number of ether oxygens (including phenoxy) is 1. The van der Waals surface area contributed by atoms with Crippen molar-refractivity contribution in [2.75, 3.05) is 25.5 Å². The first-order valence-corrected chi connectivity index (χ1v) is 6.68. The Morgan fingerprint density at radius 1 is 1.35 bits per heavy atom. The van der Waals surface area contributed by atoms with Gasteiger partial charge in [0.2, 0.25) is 0 Å². The SMILES string of the molecule is Nc1c(F)cc(C(=O)NCCCOCC2CC2)cc1F. The molecule has 0 aromatic heterocycles. The number of benzene rings is 1. The van der Waals surface area contributed by atoms with E-state index in [0.717, 1.165) is 18.7 Å². The third-order valence-corrected chi connectivity index (χ3v) is 3.14. The van der Waals surface area contributed by atoms with Crippen LogP contribution >= 0.6 is 0 Å². The molecule has 2 rings (SSSR count). The monoisotopic (exact) mass is 284 g/mol. The Kier molecular flexibility index (Phi) is 4.89. The Morgan fingerprint density at radius 2 is 2.00 bits per heavy atom. The Labute approximate surface area is 116 Å². The minimum absolute atomic E-state index is 0.0758. The molecule has 1 aromatic carbocycles. The lowest BCUT2D eigenvalue weighted by Gasteiger charge is -2.07. The van der Waals surface area contributed by atoms with Gasteiger partial charge in [-0.05, 0) is 37.3 Å². The highest BCUT2D eigenvalue weighted by atomic mass is 19.1. The number of amides is 1. The number of nitrogens with two attached hydrogens (primary N) is 1. The van der Waals surface area contributed by atoms with Crippen molar-refractivity contribution >= 4 is 11.6 Å². The van der Waals surface area contributed by atoms with Crippen LogP contribution in [0.15, 0.2) is 12.1 Å². The summed E-state index contributed by atoms with van der Waals surface area (Å²) < 4.78 is 31.8. The van der Waals surface area contributed by atoms with Crippen LogP contribution in [0.4, 0.5) is 14.5 Å². The Morgan fingerprint density at radius 3 is 2.60 bits per heavy atom. The number of rotatable bonds is 7. The number of halogens is 2. The molecule has 110 valence electrons. The van der Waals surface area contributed by atoms with E-state index in [1.807, 2.05) is 0 Å². The summed E-state index contributed by atoms with van der Waals surface area (Å²) in [6.45, 7) is 1.75. The molecule has 0 saturated heterocycles. The molecule has 20 heavy (non-hydrogen) atoms. The number of nitrogen functional groups attached to an aromatic ring is 1. The third-order valence-electron chi connectivity index (χ3n) is 3.14. The van der Waals surface area contributed by atoms with Crippen molar-refractivity contribution in [2.45, 2.75) is 19.3 Å². The molecule has 0 unspecified atom stereocenters. The van der Waals surface area contributed by atoms with E-state index in [1.165, 1.54) is 12.8 Å². The van der Waals surface area contributed by atoms with Crippen molar-refractivity contribution in [1.82, 2.24) is 5.32 Å². The quantitative estimate of drug-likeness (QED) is 0.595. The molecule has 6 heteroatoms. The van der Waals surface area contributed by atoms with Crippen LogP contribution in [0.5, 0.6) is 0 Å². The van der Waals surface area contributed by atoms with Gasteiger partial charge in [0.15, 0.2) is 0 Å². The average molecular weight is 284 g/mol. The molecule has 0 spiro atoms. The van der Waals surface area contributed by atoms with E-state index >= 15 is 0 Å². The molecule has 3 N–H and O–H groups in total. The van der Waals surface area contributed by atoms with Gasteiger partial charge in [-0.15, -0.1) is 0 Å². The molecular weight excluding hydrogens is 266 g/mol. The van der Waals surface area contributed by atoms with E-state index in [4.69, 9.17) is 10.5 Å². The number of carbonyl (C=O) groups is 1. The maximum Gasteiger partial charge on any atom is 0.251 e. The molecule has 0 bridgehead atoms. The summed E-state index contributed by atoms with van der Waals surface area (Å²) in [5.41, 5.74) is 4.49. The predicted molar refractivity (Wildman–Crippen MR) is 71.3 cm³/mol. The van der Waals surface area contributed by atoms with Gasteiger partial charge in [0.25, 0.3) is 5.91 Å². The molecule has 0 aliphatic heterocycles. The van der Waals surface area contributed by atoms with Crippen LogP contribution in [0, 0.1) is 17.6 Å². The van der Waals surface area contributed by atoms with E-state index in [0.29, 0.717) is 25.5 Å². The number of anilines is 1. The van der Waals surface area contributed by atoms with Crippen molar-refractivity contribution in [3.05, 3.63) is 29.3 Å². The molecule has 0 radical (unpaired) electrons. The van der Waals surface area contributed by atoms with Crippen LogP contribution in [-0.4, -0.2) is 25.7 Å². The van der Waals surface area contributed by atoms with Crippen LogP contribution in [0.3, 0.4) is 0 Å². The molecule has 1 fully saturated rings. The molecule has 0 heterocycles. The Hall–Kier alpha value is -1.69. The highest BCUT2D eigenvalue weighted by Gasteiger charge is 2.20. The molecule has 1 aromatic rings. The summed E-state index contributed by atoms with van der Waals surface area (Å²) in [5, 5.41) is 2.58. The smallest absolute Gasteiger partial charge is 0.251 e. The molecular formula is C14H18F2N2O2. The minimum Gasteiger partial charge on any atom is -0.394 e. The first-order chi connectivity index (χ1) is 9.58. The lowest BCUT2D eigenvalue weighted by Crippen LogP contribution is -2.25. The van der Waals surface area contributed by atoms with E-state index in [9.17, 15) is 13.6 Å². The van der Waals surface area contributed by atoms with Crippen molar-refractivity contribution in [1.29, 1.82) is 0 Å². The fourth-order valence-corrected chi connectivity index (χ4v) is 1.73. The van der Waals surface area contributed by atoms with E-state index in [1.54, 1.807) is 0 Å².